The lowest BCUT2D eigenvalue weighted by atomic mass is 9.91. The SMILES string of the molecule is CC(=CCOC1=C(O)C(=O)O[C@@H]1[C@@H](O)CO)CCCC(C)CCCC(C)CCCC(C)C. The van der Waals surface area contributed by atoms with Gasteiger partial charge in [-0.3, -0.25) is 0 Å². The minimum atomic E-state index is -1.33. The Morgan fingerprint density at radius 2 is 1.59 bits per heavy atom. The number of ether oxygens (including phenoxy) is 2. The summed E-state index contributed by atoms with van der Waals surface area (Å²) in [6.07, 6.45) is 10.7. The van der Waals surface area contributed by atoms with Crippen LogP contribution in [0, 0.1) is 17.8 Å². The fraction of sp³-hybridized carbons (Fsp3) is 0.808. The second-order valence-electron chi connectivity index (χ2n) is 10.0. The summed E-state index contributed by atoms with van der Waals surface area (Å²) in [7, 11) is 0. The zero-order chi connectivity index (χ0) is 24.1. The maximum atomic E-state index is 11.5. The topological polar surface area (TPSA) is 96.2 Å². The molecule has 0 bridgehead atoms. The Labute approximate surface area is 194 Å². The van der Waals surface area contributed by atoms with Crippen LogP contribution < -0.4 is 0 Å². The molecule has 4 atom stereocenters. The summed E-state index contributed by atoms with van der Waals surface area (Å²) in [6.45, 7) is 10.9. The van der Waals surface area contributed by atoms with Gasteiger partial charge >= 0.3 is 5.97 Å². The van der Waals surface area contributed by atoms with Crippen molar-refractivity contribution in [2.75, 3.05) is 13.2 Å². The van der Waals surface area contributed by atoms with E-state index in [1.165, 1.54) is 50.5 Å². The molecule has 0 saturated heterocycles. The summed E-state index contributed by atoms with van der Waals surface area (Å²) in [5.41, 5.74) is 1.18. The highest BCUT2D eigenvalue weighted by Gasteiger charge is 2.40. The summed E-state index contributed by atoms with van der Waals surface area (Å²) in [4.78, 5) is 11.5. The first-order valence-corrected chi connectivity index (χ1v) is 12.4. The zero-order valence-corrected chi connectivity index (χ0v) is 20.8. The number of carbonyl (C=O) groups excluding carboxylic acids is 1. The van der Waals surface area contributed by atoms with Gasteiger partial charge in [0, 0.05) is 0 Å². The third-order valence-electron chi connectivity index (χ3n) is 6.27. The summed E-state index contributed by atoms with van der Waals surface area (Å²) < 4.78 is 10.3. The van der Waals surface area contributed by atoms with Crippen LogP contribution in [0.25, 0.3) is 0 Å². The van der Waals surface area contributed by atoms with Crippen LogP contribution in [0.3, 0.4) is 0 Å². The molecule has 0 aromatic heterocycles. The Balaban J connectivity index is 2.23. The highest BCUT2D eigenvalue weighted by molar-refractivity contribution is 5.89. The van der Waals surface area contributed by atoms with Crippen LogP contribution in [0.15, 0.2) is 23.2 Å². The molecule has 0 aliphatic carbocycles. The molecule has 0 spiro atoms. The Kier molecular flexibility index (Phi) is 13.7. The smallest absolute Gasteiger partial charge is 0.378 e. The molecule has 6 heteroatoms. The van der Waals surface area contributed by atoms with Gasteiger partial charge in [0.1, 0.15) is 12.7 Å². The second kappa shape index (κ2) is 15.3. The standard InChI is InChI=1S/C26H46O6/c1-18(2)9-6-10-19(3)11-7-12-20(4)13-8-14-21(5)15-16-31-25-23(29)26(30)32-24(25)22(28)17-27/h15,18-20,22,24,27-29H,6-14,16-17H2,1-5H3/t19?,20?,22-,24+/m0/s1. The molecule has 1 heterocycles. The molecule has 3 N–H and O–H groups in total. The van der Waals surface area contributed by atoms with E-state index in [9.17, 15) is 15.0 Å². The number of carbonyl (C=O) groups is 1. The van der Waals surface area contributed by atoms with Gasteiger partial charge in [-0.25, -0.2) is 4.79 Å². The highest BCUT2D eigenvalue weighted by Crippen LogP contribution is 2.25. The van der Waals surface area contributed by atoms with Crippen molar-refractivity contribution in [3.8, 4) is 0 Å². The number of cyclic esters (lactones) is 1. The first-order chi connectivity index (χ1) is 15.1. The van der Waals surface area contributed by atoms with Crippen molar-refractivity contribution in [1.82, 2.24) is 0 Å². The molecule has 2 unspecified atom stereocenters. The Bertz CT molecular complexity index is 609. The second-order valence-corrected chi connectivity index (χ2v) is 10.0. The zero-order valence-electron chi connectivity index (χ0n) is 20.8. The molecule has 6 nitrogen and oxygen atoms in total. The van der Waals surface area contributed by atoms with Gasteiger partial charge in [0.15, 0.2) is 11.9 Å². The lowest BCUT2D eigenvalue weighted by Crippen LogP contribution is -2.32. The van der Waals surface area contributed by atoms with Crippen LogP contribution in [0.4, 0.5) is 0 Å². The van der Waals surface area contributed by atoms with Crippen molar-refractivity contribution in [1.29, 1.82) is 0 Å². The molecule has 0 fully saturated rings. The van der Waals surface area contributed by atoms with E-state index < -0.39 is 30.5 Å². The first-order valence-electron chi connectivity index (χ1n) is 12.4. The van der Waals surface area contributed by atoms with Crippen LogP contribution >= 0.6 is 0 Å². The highest BCUT2D eigenvalue weighted by atomic mass is 16.6. The van der Waals surface area contributed by atoms with Gasteiger partial charge in [-0.1, -0.05) is 78.2 Å². The van der Waals surface area contributed by atoms with Gasteiger partial charge in [-0.2, -0.15) is 0 Å². The third-order valence-corrected chi connectivity index (χ3v) is 6.27. The predicted molar refractivity (Wildman–Crippen MR) is 127 cm³/mol. The van der Waals surface area contributed by atoms with Gasteiger partial charge in [-0.15, -0.1) is 0 Å². The molecule has 1 aliphatic heterocycles. The average Bonchev–Trinajstić information content (AvgIpc) is 3.01. The van der Waals surface area contributed by atoms with Crippen molar-refractivity contribution in [2.45, 2.75) is 105 Å². The molecule has 0 radical (unpaired) electrons. The van der Waals surface area contributed by atoms with Crippen LogP contribution in [0.2, 0.25) is 0 Å². The number of aliphatic hydroxyl groups excluding tert-OH is 3. The lowest BCUT2D eigenvalue weighted by molar-refractivity contribution is -0.148. The van der Waals surface area contributed by atoms with E-state index in [1.54, 1.807) is 0 Å². The number of rotatable bonds is 17. The van der Waals surface area contributed by atoms with Gasteiger partial charge < -0.3 is 24.8 Å². The van der Waals surface area contributed by atoms with E-state index in [2.05, 4.69) is 27.7 Å². The minimum Gasteiger partial charge on any atom is -0.499 e. The van der Waals surface area contributed by atoms with Gasteiger partial charge in [0.2, 0.25) is 5.76 Å². The quantitative estimate of drug-likeness (QED) is 0.200. The van der Waals surface area contributed by atoms with Gasteiger partial charge in [-0.05, 0) is 43.6 Å². The number of hydrogen-bond donors (Lipinski definition) is 3. The van der Waals surface area contributed by atoms with Crippen LogP contribution in [-0.2, 0) is 14.3 Å². The van der Waals surface area contributed by atoms with E-state index in [1.807, 2.05) is 13.0 Å². The average molecular weight is 455 g/mol. The Morgan fingerprint density at radius 3 is 2.16 bits per heavy atom. The van der Waals surface area contributed by atoms with E-state index in [4.69, 9.17) is 14.6 Å². The Morgan fingerprint density at radius 1 is 1.03 bits per heavy atom. The molecule has 1 aliphatic rings. The maximum Gasteiger partial charge on any atom is 0.378 e. The summed E-state index contributed by atoms with van der Waals surface area (Å²) in [6, 6.07) is 0. The van der Waals surface area contributed by atoms with E-state index in [-0.39, 0.29) is 12.4 Å². The number of esters is 1. The molecule has 0 aromatic carbocycles. The Hall–Kier alpha value is -1.53. The van der Waals surface area contributed by atoms with Crippen molar-refractivity contribution >= 4 is 5.97 Å². The lowest BCUT2D eigenvalue weighted by Gasteiger charge is -2.18. The number of allylic oxidation sites excluding steroid dienone is 1. The third kappa shape index (κ3) is 10.9. The fourth-order valence-corrected chi connectivity index (χ4v) is 4.04. The van der Waals surface area contributed by atoms with E-state index in [0.29, 0.717) is 0 Å². The summed E-state index contributed by atoms with van der Waals surface area (Å²) in [5.74, 6) is 0.666. The van der Waals surface area contributed by atoms with Crippen molar-refractivity contribution in [3.05, 3.63) is 23.2 Å². The monoisotopic (exact) mass is 454 g/mol. The largest absolute Gasteiger partial charge is 0.499 e. The van der Waals surface area contributed by atoms with E-state index >= 15 is 0 Å². The molecule has 1 rings (SSSR count). The van der Waals surface area contributed by atoms with Gasteiger partial charge in [0.05, 0.1) is 6.61 Å². The summed E-state index contributed by atoms with van der Waals surface area (Å²) in [5, 5.41) is 28.6. The van der Waals surface area contributed by atoms with Gasteiger partial charge in [0.25, 0.3) is 0 Å². The maximum absolute atomic E-state index is 11.5. The van der Waals surface area contributed by atoms with Crippen molar-refractivity contribution < 1.29 is 29.6 Å². The fourth-order valence-electron chi connectivity index (χ4n) is 4.04. The van der Waals surface area contributed by atoms with Crippen molar-refractivity contribution in [2.24, 2.45) is 17.8 Å². The molecular weight excluding hydrogens is 408 g/mol. The van der Waals surface area contributed by atoms with E-state index in [0.717, 1.165) is 30.6 Å². The number of hydrogen-bond acceptors (Lipinski definition) is 6. The van der Waals surface area contributed by atoms with Crippen LogP contribution in [0.5, 0.6) is 0 Å². The number of aliphatic hydroxyl groups is 3. The van der Waals surface area contributed by atoms with Crippen LogP contribution in [0.1, 0.15) is 92.4 Å². The first kappa shape index (κ1) is 28.5. The minimum absolute atomic E-state index is 0.118. The molecule has 0 saturated carbocycles. The molecule has 186 valence electrons. The summed E-state index contributed by atoms with van der Waals surface area (Å²) >= 11 is 0. The van der Waals surface area contributed by atoms with Crippen LogP contribution in [-0.4, -0.2) is 46.7 Å². The normalized spacial score (nSPS) is 19.9. The molecule has 0 aromatic rings. The molecule has 32 heavy (non-hydrogen) atoms. The predicted octanol–water partition coefficient (Wildman–Crippen LogP) is 5.44. The molecular formula is C26H46O6. The molecule has 0 amide bonds. The van der Waals surface area contributed by atoms with Crippen molar-refractivity contribution in [3.63, 3.8) is 0 Å².